The zero-order valence-electron chi connectivity index (χ0n) is 14.8. The maximum atomic E-state index is 11.9. The maximum absolute atomic E-state index is 11.9. The highest BCUT2D eigenvalue weighted by Crippen LogP contribution is 2.24. The van der Waals surface area contributed by atoms with E-state index in [-0.39, 0.29) is 12.0 Å². The Morgan fingerprint density at radius 3 is 2.40 bits per heavy atom. The summed E-state index contributed by atoms with van der Waals surface area (Å²) in [6.45, 7) is 6.73. The van der Waals surface area contributed by atoms with Gasteiger partial charge in [-0.3, -0.25) is 0 Å². The SMILES string of the molecule is C=C(C[C@@H](NCc1ccccc1)c1ccc(OC)cc1)C(=O)OCC. The van der Waals surface area contributed by atoms with E-state index in [1.54, 1.807) is 14.0 Å². The van der Waals surface area contributed by atoms with Crippen LogP contribution in [0.2, 0.25) is 0 Å². The lowest BCUT2D eigenvalue weighted by molar-refractivity contribution is -0.138. The van der Waals surface area contributed by atoms with Crippen molar-refractivity contribution in [3.63, 3.8) is 0 Å². The quantitative estimate of drug-likeness (QED) is 0.553. The molecule has 0 saturated carbocycles. The second-order valence-corrected chi connectivity index (χ2v) is 5.72. The van der Waals surface area contributed by atoms with Gasteiger partial charge in [-0.1, -0.05) is 49.0 Å². The van der Waals surface area contributed by atoms with Crippen LogP contribution in [0, 0.1) is 0 Å². The van der Waals surface area contributed by atoms with Crippen LogP contribution in [0.5, 0.6) is 5.75 Å². The standard InChI is InChI=1S/C21H25NO3/c1-4-25-21(23)16(2)14-20(18-10-12-19(24-3)13-11-18)22-15-17-8-6-5-7-9-17/h5-13,20,22H,2,4,14-15H2,1,3H3/t20-/m1/s1. The van der Waals surface area contributed by atoms with Gasteiger partial charge in [0.1, 0.15) is 5.75 Å². The number of hydrogen-bond donors (Lipinski definition) is 1. The Morgan fingerprint density at radius 1 is 1.12 bits per heavy atom. The Balaban J connectivity index is 2.11. The van der Waals surface area contributed by atoms with Crippen LogP contribution in [0.1, 0.15) is 30.5 Å². The van der Waals surface area contributed by atoms with Gasteiger partial charge < -0.3 is 14.8 Å². The second-order valence-electron chi connectivity index (χ2n) is 5.72. The van der Waals surface area contributed by atoms with Crippen molar-refractivity contribution in [2.75, 3.05) is 13.7 Å². The maximum Gasteiger partial charge on any atom is 0.333 e. The Morgan fingerprint density at radius 2 is 1.80 bits per heavy atom. The average molecular weight is 339 g/mol. The molecule has 0 heterocycles. The highest BCUT2D eigenvalue weighted by molar-refractivity contribution is 5.87. The number of hydrogen-bond acceptors (Lipinski definition) is 4. The molecule has 4 nitrogen and oxygen atoms in total. The van der Waals surface area contributed by atoms with Crippen molar-refractivity contribution in [2.45, 2.75) is 25.9 Å². The first-order valence-corrected chi connectivity index (χ1v) is 8.40. The molecule has 2 rings (SSSR count). The number of nitrogens with one attached hydrogen (secondary N) is 1. The lowest BCUT2D eigenvalue weighted by Gasteiger charge is -2.20. The number of esters is 1. The molecule has 0 amide bonds. The number of ether oxygens (including phenoxy) is 2. The van der Waals surface area contributed by atoms with Crippen LogP contribution in [0.15, 0.2) is 66.7 Å². The van der Waals surface area contributed by atoms with Crippen molar-refractivity contribution in [3.05, 3.63) is 77.9 Å². The summed E-state index contributed by atoms with van der Waals surface area (Å²) in [4.78, 5) is 11.9. The van der Waals surface area contributed by atoms with Crippen molar-refractivity contribution in [3.8, 4) is 5.75 Å². The van der Waals surface area contributed by atoms with E-state index in [4.69, 9.17) is 9.47 Å². The van der Waals surface area contributed by atoms with Gasteiger partial charge in [0.25, 0.3) is 0 Å². The second kappa shape index (κ2) is 9.64. The molecule has 1 atom stereocenters. The summed E-state index contributed by atoms with van der Waals surface area (Å²) >= 11 is 0. The van der Waals surface area contributed by atoms with Crippen molar-refractivity contribution < 1.29 is 14.3 Å². The number of rotatable bonds is 9. The molecule has 1 N–H and O–H groups in total. The molecule has 0 fully saturated rings. The molecule has 0 unspecified atom stereocenters. The first-order valence-electron chi connectivity index (χ1n) is 8.40. The predicted molar refractivity (Wildman–Crippen MR) is 99.4 cm³/mol. The lowest BCUT2D eigenvalue weighted by Crippen LogP contribution is -2.23. The molecule has 2 aromatic carbocycles. The van der Waals surface area contributed by atoms with E-state index in [1.807, 2.05) is 42.5 Å². The summed E-state index contributed by atoms with van der Waals surface area (Å²) in [6, 6.07) is 17.9. The summed E-state index contributed by atoms with van der Waals surface area (Å²) in [5, 5.41) is 3.51. The molecular formula is C21H25NO3. The molecule has 132 valence electrons. The fourth-order valence-electron chi connectivity index (χ4n) is 2.54. The molecule has 0 aliphatic heterocycles. The van der Waals surface area contributed by atoms with E-state index in [0.29, 0.717) is 25.1 Å². The van der Waals surface area contributed by atoms with Gasteiger partial charge in [-0.05, 0) is 36.6 Å². The fourth-order valence-corrected chi connectivity index (χ4v) is 2.54. The fraction of sp³-hybridized carbons (Fsp3) is 0.286. The third-order valence-electron chi connectivity index (χ3n) is 3.93. The molecule has 2 aromatic rings. The van der Waals surface area contributed by atoms with E-state index in [0.717, 1.165) is 11.3 Å². The average Bonchev–Trinajstić information content (AvgIpc) is 2.66. The van der Waals surface area contributed by atoms with E-state index in [1.165, 1.54) is 5.56 Å². The van der Waals surface area contributed by atoms with E-state index in [9.17, 15) is 4.79 Å². The molecule has 0 aliphatic rings. The van der Waals surface area contributed by atoms with Crippen LogP contribution in [0.4, 0.5) is 0 Å². The van der Waals surface area contributed by atoms with Gasteiger partial charge in [-0.2, -0.15) is 0 Å². The van der Waals surface area contributed by atoms with Crippen LogP contribution in [0.3, 0.4) is 0 Å². The Labute approximate surface area is 149 Å². The molecule has 0 spiro atoms. The smallest absolute Gasteiger partial charge is 0.333 e. The van der Waals surface area contributed by atoms with Crippen molar-refractivity contribution in [2.24, 2.45) is 0 Å². The molecule has 0 saturated heterocycles. The predicted octanol–water partition coefficient (Wildman–Crippen LogP) is 4.04. The molecule has 0 radical (unpaired) electrons. The summed E-state index contributed by atoms with van der Waals surface area (Å²) in [5.41, 5.74) is 2.72. The van der Waals surface area contributed by atoms with Gasteiger partial charge in [-0.15, -0.1) is 0 Å². The van der Waals surface area contributed by atoms with Crippen LogP contribution in [-0.4, -0.2) is 19.7 Å². The minimum atomic E-state index is -0.345. The van der Waals surface area contributed by atoms with E-state index >= 15 is 0 Å². The van der Waals surface area contributed by atoms with E-state index < -0.39 is 0 Å². The van der Waals surface area contributed by atoms with Gasteiger partial charge in [0.15, 0.2) is 0 Å². The number of carbonyl (C=O) groups is 1. The van der Waals surface area contributed by atoms with Crippen LogP contribution >= 0.6 is 0 Å². The summed E-state index contributed by atoms with van der Waals surface area (Å²) in [5.74, 6) is 0.456. The number of carbonyl (C=O) groups excluding carboxylic acids is 1. The van der Waals surface area contributed by atoms with Gasteiger partial charge in [0.05, 0.1) is 13.7 Å². The molecule has 0 aromatic heterocycles. The van der Waals surface area contributed by atoms with Crippen LogP contribution in [0.25, 0.3) is 0 Å². The highest BCUT2D eigenvalue weighted by Gasteiger charge is 2.17. The molecule has 4 heteroatoms. The van der Waals surface area contributed by atoms with Crippen LogP contribution in [-0.2, 0) is 16.1 Å². The normalized spacial score (nSPS) is 11.6. The van der Waals surface area contributed by atoms with Gasteiger partial charge in [-0.25, -0.2) is 4.79 Å². The topological polar surface area (TPSA) is 47.6 Å². The van der Waals surface area contributed by atoms with E-state index in [2.05, 4.69) is 24.0 Å². The van der Waals surface area contributed by atoms with Crippen molar-refractivity contribution in [1.82, 2.24) is 5.32 Å². The summed E-state index contributed by atoms with van der Waals surface area (Å²) in [6.07, 6.45) is 0.484. The zero-order valence-corrected chi connectivity index (χ0v) is 14.8. The van der Waals surface area contributed by atoms with Crippen molar-refractivity contribution >= 4 is 5.97 Å². The van der Waals surface area contributed by atoms with Gasteiger partial charge in [0.2, 0.25) is 0 Å². The Hall–Kier alpha value is -2.59. The first kappa shape index (κ1) is 18.7. The van der Waals surface area contributed by atoms with Crippen molar-refractivity contribution in [1.29, 1.82) is 0 Å². The largest absolute Gasteiger partial charge is 0.497 e. The third-order valence-corrected chi connectivity index (χ3v) is 3.93. The molecular weight excluding hydrogens is 314 g/mol. The minimum Gasteiger partial charge on any atom is -0.497 e. The molecule has 0 aliphatic carbocycles. The zero-order chi connectivity index (χ0) is 18.1. The molecule has 0 bridgehead atoms. The summed E-state index contributed by atoms with van der Waals surface area (Å²) < 4.78 is 10.3. The van der Waals surface area contributed by atoms with Crippen LogP contribution < -0.4 is 10.1 Å². The monoisotopic (exact) mass is 339 g/mol. The highest BCUT2D eigenvalue weighted by atomic mass is 16.5. The first-order chi connectivity index (χ1) is 12.1. The third kappa shape index (κ3) is 5.76. The number of methoxy groups -OCH3 is 1. The molecule has 25 heavy (non-hydrogen) atoms. The Kier molecular flexibility index (Phi) is 7.23. The lowest BCUT2D eigenvalue weighted by atomic mass is 9.99. The Bertz CT molecular complexity index is 680. The van der Waals surface area contributed by atoms with Gasteiger partial charge >= 0.3 is 5.97 Å². The summed E-state index contributed by atoms with van der Waals surface area (Å²) in [7, 11) is 1.64. The van der Waals surface area contributed by atoms with Gasteiger partial charge in [0, 0.05) is 18.2 Å². The minimum absolute atomic E-state index is 0.0389. The number of benzene rings is 2.